The van der Waals surface area contributed by atoms with Crippen molar-refractivity contribution in [2.24, 2.45) is 0 Å². The molecule has 1 aromatic carbocycles. The van der Waals surface area contributed by atoms with E-state index in [1.807, 2.05) is 0 Å². The highest BCUT2D eigenvalue weighted by atomic mass is 19.1. The van der Waals surface area contributed by atoms with Crippen molar-refractivity contribution in [3.05, 3.63) is 29.6 Å². The SMILES string of the molecule is CCC(=O)Nc1cc(F)ccc1C(=O)O. The number of aromatic carboxylic acids is 1. The molecule has 0 saturated heterocycles. The fourth-order valence-corrected chi connectivity index (χ4v) is 1.04. The average Bonchev–Trinajstić information content (AvgIpc) is 2.17. The fraction of sp³-hybridized carbons (Fsp3) is 0.200. The molecule has 0 unspecified atom stereocenters. The molecule has 0 saturated carbocycles. The Bertz CT molecular complexity index is 404. The molecule has 0 heterocycles. The van der Waals surface area contributed by atoms with Crippen LogP contribution in [0.1, 0.15) is 23.7 Å². The Morgan fingerprint density at radius 3 is 2.67 bits per heavy atom. The largest absolute Gasteiger partial charge is 0.478 e. The maximum atomic E-state index is 12.8. The number of carbonyl (C=O) groups is 2. The van der Waals surface area contributed by atoms with Crippen LogP contribution in [0.15, 0.2) is 18.2 Å². The van der Waals surface area contributed by atoms with Crippen LogP contribution in [0.3, 0.4) is 0 Å². The van der Waals surface area contributed by atoms with E-state index >= 15 is 0 Å². The number of hydrogen-bond donors (Lipinski definition) is 2. The van der Waals surface area contributed by atoms with Gasteiger partial charge >= 0.3 is 5.97 Å². The number of halogens is 1. The molecule has 4 nitrogen and oxygen atoms in total. The monoisotopic (exact) mass is 211 g/mol. The first-order valence-electron chi connectivity index (χ1n) is 4.37. The smallest absolute Gasteiger partial charge is 0.337 e. The summed E-state index contributed by atoms with van der Waals surface area (Å²) in [4.78, 5) is 21.8. The molecule has 15 heavy (non-hydrogen) atoms. The Kier molecular flexibility index (Phi) is 3.38. The minimum Gasteiger partial charge on any atom is -0.478 e. The summed E-state index contributed by atoms with van der Waals surface area (Å²) in [6, 6.07) is 3.13. The van der Waals surface area contributed by atoms with Gasteiger partial charge < -0.3 is 10.4 Å². The van der Waals surface area contributed by atoms with Crippen LogP contribution in [0.5, 0.6) is 0 Å². The van der Waals surface area contributed by atoms with Gasteiger partial charge in [-0.3, -0.25) is 4.79 Å². The van der Waals surface area contributed by atoms with Crippen molar-refractivity contribution in [1.82, 2.24) is 0 Å². The summed E-state index contributed by atoms with van der Waals surface area (Å²) in [6.45, 7) is 1.62. The molecule has 80 valence electrons. The average molecular weight is 211 g/mol. The standard InChI is InChI=1S/C10H10FNO3/c1-2-9(13)12-8-5-6(11)3-4-7(8)10(14)15/h3-5H,2H2,1H3,(H,12,13)(H,14,15). The summed E-state index contributed by atoms with van der Waals surface area (Å²) in [5, 5.41) is 11.1. The molecule has 0 aromatic heterocycles. The van der Waals surface area contributed by atoms with Crippen molar-refractivity contribution in [2.45, 2.75) is 13.3 Å². The van der Waals surface area contributed by atoms with Crippen LogP contribution in [0.25, 0.3) is 0 Å². The van der Waals surface area contributed by atoms with Crippen molar-refractivity contribution in [3.63, 3.8) is 0 Å². The second-order valence-electron chi connectivity index (χ2n) is 2.90. The van der Waals surface area contributed by atoms with E-state index in [1.54, 1.807) is 6.92 Å². The summed E-state index contributed by atoms with van der Waals surface area (Å²) < 4.78 is 12.8. The van der Waals surface area contributed by atoms with Gasteiger partial charge in [-0.2, -0.15) is 0 Å². The van der Waals surface area contributed by atoms with E-state index < -0.39 is 11.8 Å². The molecule has 0 fully saturated rings. The highest BCUT2D eigenvalue weighted by molar-refractivity contribution is 6.00. The molecule has 5 heteroatoms. The molecule has 0 radical (unpaired) electrons. The molecule has 2 N–H and O–H groups in total. The first kappa shape index (κ1) is 11.2. The first-order valence-corrected chi connectivity index (χ1v) is 4.37. The molecular formula is C10H10FNO3. The van der Waals surface area contributed by atoms with E-state index in [0.29, 0.717) is 0 Å². The third-order valence-electron chi connectivity index (χ3n) is 1.81. The third-order valence-corrected chi connectivity index (χ3v) is 1.81. The van der Waals surface area contributed by atoms with Gasteiger partial charge in [0.25, 0.3) is 0 Å². The third kappa shape index (κ3) is 2.77. The van der Waals surface area contributed by atoms with Crippen LogP contribution < -0.4 is 5.32 Å². The van der Waals surface area contributed by atoms with Gasteiger partial charge in [0.1, 0.15) is 5.82 Å². The van der Waals surface area contributed by atoms with Crippen LogP contribution in [0, 0.1) is 5.82 Å². The second kappa shape index (κ2) is 4.54. The van der Waals surface area contributed by atoms with E-state index in [0.717, 1.165) is 18.2 Å². The topological polar surface area (TPSA) is 66.4 Å². The van der Waals surface area contributed by atoms with Gasteiger partial charge in [-0.05, 0) is 18.2 Å². The minimum absolute atomic E-state index is 0.0191. The number of hydrogen-bond acceptors (Lipinski definition) is 2. The fourth-order valence-electron chi connectivity index (χ4n) is 1.04. The molecule has 0 atom stereocenters. The molecule has 0 spiro atoms. The first-order chi connectivity index (χ1) is 7.04. The van der Waals surface area contributed by atoms with Crippen LogP contribution in [0.2, 0.25) is 0 Å². The van der Waals surface area contributed by atoms with E-state index in [9.17, 15) is 14.0 Å². The van der Waals surface area contributed by atoms with Gasteiger partial charge in [0.15, 0.2) is 0 Å². The van der Waals surface area contributed by atoms with Crippen LogP contribution >= 0.6 is 0 Å². The van der Waals surface area contributed by atoms with Crippen molar-refractivity contribution in [1.29, 1.82) is 0 Å². The normalized spacial score (nSPS) is 9.73. The lowest BCUT2D eigenvalue weighted by Gasteiger charge is -2.07. The molecular weight excluding hydrogens is 201 g/mol. The van der Waals surface area contributed by atoms with E-state index in [-0.39, 0.29) is 23.6 Å². The molecule has 0 aliphatic rings. The molecule has 0 bridgehead atoms. The predicted molar refractivity (Wildman–Crippen MR) is 52.3 cm³/mol. The Morgan fingerprint density at radius 1 is 1.47 bits per heavy atom. The van der Waals surface area contributed by atoms with Crippen molar-refractivity contribution in [3.8, 4) is 0 Å². The maximum absolute atomic E-state index is 12.8. The number of benzene rings is 1. The number of anilines is 1. The van der Waals surface area contributed by atoms with Gasteiger partial charge in [-0.25, -0.2) is 9.18 Å². The molecule has 1 rings (SSSR count). The van der Waals surface area contributed by atoms with Crippen molar-refractivity contribution >= 4 is 17.6 Å². The summed E-state index contributed by atoms with van der Waals surface area (Å²) in [7, 11) is 0. The Morgan fingerprint density at radius 2 is 2.13 bits per heavy atom. The lowest BCUT2D eigenvalue weighted by atomic mass is 10.1. The summed E-state index contributed by atoms with van der Waals surface area (Å²) >= 11 is 0. The highest BCUT2D eigenvalue weighted by Gasteiger charge is 2.12. The van der Waals surface area contributed by atoms with E-state index in [1.165, 1.54) is 0 Å². The zero-order valence-electron chi connectivity index (χ0n) is 8.08. The number of carboxylic acids is 1. The molecule has 1 amide bonds. The number of carboxylic acid groups (broad SMARTS) is 1. The van der Waals surface area contributed by atoms with Crippen molar-refractivity contribution in [2.75, 3.05) is 5.32 Å². The number of rotatable bonds is 3. The van der Waals surface area contributed by atoms with Gasteiger partial charge in [-0.1, -0.05) is 6.92 Å². The summed E-state index contributed by atoms with van der Waals surface area (Å²) in [5.41, 5.74) is -0.146. The molecule has 1 aromatic rings. The minimum atomic E-state index is -1.21. The van der Waals surface area contributed by atoms with Crippen molar-refractivity contribution < 1.29 is 19.1 Å². The van der Waals surface area contributed by atoms with Crippen LogP contribution in [-0.4, -0.2) is 17.0 Å². The molecule has 0 aliphatic heterocycles. The highest BCUT2D eigenvalue weighted by Crippen LogP contribution is 2.17. The maximum Gasteiger partial charge on any atom is 0.337 e. The quantitative estimate of drug-likeness (QED) is 0.802. The van der Waals surface area contributed by atoms with Gasteiger partial charge in [0, 0.05) is 6.42 Å². The van der Waals surface area contributed by atoms with E-state index in [4.69, 9.17) is 5.11 Å². The van der Waals surface area contributed by atoms with Gasteiger partial charge in [-0.15, -0.1) is 0 Å². The van der Waals surface area contributed by atoms with Gasteiger partial charge in [0.2, 0.25) is 5.91 Å². The van der Waals surface area contributed by atoms with Gasteiger partial charge in [0.05, 0.1) is 11.3 Å². The molecule has 0 aliphatic carbocycles. The number of amides is 1. The zero-order chi connectivity index (χ0) is 11.4. The summed E-state index contributed by atoms with van der Waals surface area (Å²) in [5.74, 6) is -2.16. The lowest BCUT2D eigenvalue weighted by Crippen LogP contribution is -2.13. The second-order valence-corrected chi connectivity index (χ2v) is 2.90. The number of nitrogens with one attached hydrogen (secondary N) is 1. The van der Waals surface area contributed by atoms with Crippen LogP contribution in [-0.2, 0) is 4.79 Å². The Balaban J connectivity index is 3.07. The zero-order valence-corrected chi connectivity index (χ0v) is 8.08. The Labute approximate surface area is 85.7 Å². The predicted octanol–water partition coefficient (Wildman–Crippen LogP) is 1.87. The van der Waals surface area contributed by atoms with Crippen LogP contribution in [0.4, 0.5) is 10.1 Å². The van der Waals surface area contributed by atoms with E-state index in [2.05, 4.69) is 5.32 Å². The Hall–Kier alpha value is -1.91. The number of carbonyl (C=O) groups excluding carboxylic acids is 1. The lowest BCUT2D eigenvalue weighted by molar-refractivity contribution is -0.115. The summed E-state index contributed by atoms with van der Waals surface area (Å²) in [6.07, 6.45) is 0.204.